The lowest BCUT2D eigenvalue weighted by molar-refractivity contribution is 0.0979. The van der Waals surface area contributed by atoms with E-state index in [9.17, 15) is 13.2 Å². The number of hydrogen-bond acceptors (Lipinski definition) is 3. The zero-order valence-electron chi connectivity index (χ0n) is 10.4. The Balaban J connectivity index is 2.60. The number of rotatable bonds is 7. The summed E-state index contributed by atoms with van der Waals surface area (Å²) in [5, 5.41) is 0. The molecule has 0 spiro atoms. The largest absolute Gasteiger partial charge is 0.294 e. The van der Waals surface area contributed by atoms with E-state index in [2.05, 4.69) is 6.92 Å². The maximum Gasteiger partial charge on any atom is 0.294 e. The summed E-state index contributed by atoms with van der Waals surface area (Å²) in [5.74, 6) is 0.00740. The monoisotopic (exact) mass is 270 g/mol. The third-order valence-corrected chi connectivity index (χ3v) is 3.60. The molecule has 0 aliphatic heterocycles. The molecule has 100 valence electrons. The smallest absolute Gasteiger partial charge is 0.294 e. The van der Waals surface area contributed by atoms with Crippen molar-refractivity contribution >= 4 is 15.9 Å². The first-order valence-electron chi connectivity index (χ1n) is 6.06. The molecule has 0 aromatic heterocycles. The van der Waals surface area contributed by atoms with Gasteiger partial charge in [-0.3, -0.25) is 9.35 Å². The molecule has 1 N–H and O–H groups in total. The third-order valence-electron chi connectivity index (χ3n) is 2.73. The van der Waals surface area contributed by atoms with Crippen LogP contribution in [0.25, 0.3) is 0 Å². The van der Waals surface area contributed by atoms with Gasteiger partial charge in [0.1, 0.15) is 0 Å². The van der Waals surface area contributed by atoms with Gasteiger partial charge in [-0.15, -0.1) is 0 Å². The number of unbranched alkanes of at least 4 members (excludes halogenated alkanes) is 3. The van der Waals surface area contributed by atoms with E-state index < -0.39 is 10.1 Å². The van der Waals surface area contributed by atoms with Crippen LogP contribution in [0.4, 0.5) is 0 Å². The van der Waals surface area contributed by atoms with Gasteiger partial charge in [-0.25, -0.2) is 0 Å². The van der Waals surface area contributed by atoms with Gasteiger partial charge in [0.05, 0.1) is 4.90 Å². The fourth-order valence-electron chi connectivity index (χ4n) is 1.67. The zero-order chi connectivity index (χ0) is 13.6. The van der Waals surface area contributed by atoms with E-state index in [1.54, 1.807) is 0 Å². The number of ketones is 1. The molecule has 0 atom stereocenters. The summed E-state index contributed by atoms with van der Waals surface area (Å²) in [5.41, 5.74) is 0.485. The molecule has 1 aromatic carbocycles. The van der Waals surface area contributed by atoms with Crippen LogP contribution in [0.1, 0.15) is 49.4 Å². The number of carbonyl (C=O) groups is 1. The van der Waals surface area contributed by atoms with Crippen LogP contribution in [-0.2, 0) is 10.1 Å². The Kier molecular flexibility index (Phi) is 5.50. The molecule has 0 aliphatic rings. The molecule has 0 saturated heterocycles. The van der Waals surface area contributed by atoms with Crippen molar-refractivity contribution in [2.75, 3.05) is 0 Å². The Morgan fingerprint density at radius 3 is 2.22 bits per heavy atom. The Labute approximate surface area is 108 Å². The molecule has 0 bridgehead atoms. The standard InChI is InChI=1S/C13H18O4S/c1-2-3-4-5-6-13(14)11-7-9-12(10-8-11)18(15,16)17/h7-10H,2-6H2,1H3,(H,15,16,17). The summed E-state index contributed by atoms with van der Waals surface area (Å²) in [6.45, 7) is 2.11. The summed E-state index contributed by atoms with van der Waals surface area (Å²) in [7, 11) is -4.18. The van der Waals surface area contributed by atoms with Crippen LogP contribution < -0.4 is 0 Å². The molecule has 1 rings (SSSR count). The summed E-state index contributed by atoms with van der Waals surface area (Å²) in [4.78, 5) is 11.6. The highest BCUT2D eigenvalue weighted by Gasteiger charge is 2.11. The second kappa shape index (κ2) is 6.66. The molecular formula is C13H18O4S. The molecular weight excluding hydrogens is 252 g/mol. The molecule has 0 heterocycles. The molecule has 0 unspecified atom stereocenters. The minimum absolute atomic E-state index is 0.00740. The van der Waals surface area contributed by atoms with Gasteiger partial charge in [0.25, 0.3) is 10.1 Å². The summed E-state index contributed by atoms with van der Waals surface area (Å²) in [6, 6.07) is 5.36. The Hall–Kier alpha value is -1.20. The minimum Gasteiger partial charge on any atom is -0.294 e. The van der Waals surface area contributed by atoms with E-state index in [4.69, 9.17) is 4.55 Å². The van der Waals surface area contributed by atoms with Crippen molar-refractivity contribution < 1.29 is 17.8 Å². The van der Waals surface area contributed by atoms with Crippen LogP contribution in [0.3, 0.4) is 0 Å². The van der Waals surface area contributed by atoms with Crippen molar-refractivity contribution in [3.05, 3.63) is 29.8 Å². The van der Waals surface area contributed by atoms with Crippen LogP contribution in [0, 0.1) is 0 Å². The van der Waals surface area contributed by atoms with Gasteiger partial charge in [-0.2, -0.15) is 8.42 Å². The predicted molar refractivity (Wildman–Crippen MR) is 69.3 cm³/mol. The Morgan fingerprint density at radius 2 is 1.72 bits per heavy atom. The normalized spacial score (nSPS) is 11.4. The van der Waals surface area contributed by atoms with Crippen molar-refractivity contribution in [3.8, 4) is 0 Å². The van der Waals surface area contributed by atoms with E-state index in [-0.39, 0.29) is 10.7 Å². The van der Waals surface area contributed by atoms with Crippen molar-refractivity contribution in [2.24, 2.45) is 0 Å². The van der Waals surface area contributed by atoms with Crippen LogP contribution >= 0.6 is 0 Å². The number of hydrogen-bond donors (Lipinski definition) is 1. The second-order valence-corrected chi connectivity index (χ2v) is 5.65. The third kappa shape index (κ3) is 4.58. The van der Waals surface area contributed by atoms with Crippen molar-refractivity contribution in [1.82, 2.24) is 0 Å². The molecule has 18 heavy (non-hydrogen) atoms. The molecule has 4 nitrogen and oxygen atoms in total. The van der Waals surface area contributed by atoms with Crippen molar-refractivity contribution in [1.29, 1.82) is 0 Å². The summed E-state index contributed by atoms with van der Waals surface area (Å²) < 4.78 is 30.5. The molecule has 5 heteroatoms. The first-order chi connectivity index (χ1) is 8.45. The minimum atomic E-state index is -4.18. The van der Waals surface area contributed by atoms with Gasteiger partial charge in [-0.1, -0.05) is 38.3 Å². The SMILES string of the molecule is CCCCCCC(=O)c1ccc(S(=O)(=O)O)cc1. The fraction of sp³-hybridized carbons (Fsp3) is 0.462. The zero-order valence-corrected chi connectivity index (χ0v) is 11.2. The average Bonchev–Trinajstić information content (AvgIpc) is 2.33. The molecule has 0 amide bonds. The van der Waals surface area contributed by atoms with E-state index in [1.165, 1.54) is 24.3 Å². The van der Waals surface area contributed by atoms with Crippen LogP contribution in [0.15, 0.2) is 29.2 Å². The molecule has 0 radical (unpaired) electrons. The predicted octanol–water partition coefficient (Wildman–Crippen LogP) is 3.09. The number of Topliss-reactive ketones (excluding diaryl/α,β-unsaturated/α-hetero) is 1. The summed E-state index contributed by atoms with van der Waals surface area (Å²) in [6.07, 6.45) is 4.61. The first kappa shape index (κ1) is 14.9. The Bertz CT molecular complexity index is 488. The quantitative estimate of drug-likeness (QED) is 0.469. The second-order valence-electron chi connectivity index (χ2n) is 4.23. The van der Waals surface area contributed by atoms with Gasteiger partial charge < -0.3 is 0 Å². The van der Waals surface area contributed by atoms with Crippen LogP contribution in [0.5, 0.6) is 0 Å². The molecule has 0 fully saturated rings. The van der Waals surface area contributed by atoms with Crippen molar-refractivity contribution in [2.45, 2.75) is 43.9 Å². The highest BCUT2D eigenvalue weighted by atomic mass is 32.2. The molecule has 0 saturated carbocycles. The number of carbonyl (C=O) groups excluding carboxylic acids is 1. The van der Waals surface area contributed by atoms with Crippen LogP contribution in [-0.4, -0.2) is 18.8 Å². The Morgan fingerprint density at radius 1 is 1.11 bits per heavy atom. The first-order valence-corrected chi connectivity index (χ1v) is 7.50. The molecule has 0 aliphatic carbocycles. The summed E-state index contributed by atoms with van der Waals surface area (Å²) >= 11 is 0. The van der Waals surface area contributed by atoms with Gasteiger partial charge in [-0.05, 0) is 18.6 Å². The fourth-order valence-corrected chi connectivity index (χ4v) is 2.15. The topological polar surface area (TPSA) is 71.4 Å². The maximum atomic E-state index is 11.8. The van der Waals surface area contributed by atoms with Gasteiger partial charge in [0.15, 0.2) is 5.78 Å². The van der Waals surface area contributed by atoms with E-state index in [1.807, 2.05) is 0 Å². The van der Waals surface area contributed by atoms with Crippen molar-refractivity contribution in [3.63, 3.8) is 0 Å². The highest BCUT2D eigenvalue weighted by molar-refractivity contribution is 7.85. The lowest BCUT2D eigenvalue weighted by Gasteiger charge is -2.02. The van der Waals surface area contributed by atoms with E-state index in [0.717, 1.165) is 25.7 Å². The van der Waals surface area contributed by atoms with E-state index >= 15 is 0 Å². The number of benzene rings is 1. The van der Waals surface area contributed by atoms with E-state index in [0.29, 0.717) is 12.0 Å². The van der Waals surface area contributed by atoms with Gasteiger partial charge in [0.2, 0.25) is 0 Å². The highest BCUT2D eigenvalue weighted by Crippen LogP contribution is 2.13. The van der Waals surface area contributed by atoms with Gasteiger partial charge >= 0.3 is 0 Å². The maximum absolute atomic E-state index is 11.8. The van der Waals surface area contributed by atoms with Gasteiger partial charge in [0, 0.05) is 12.0 Å². The molecule has 1 aromatic rings. The lowest BCUT2D eigenvalue weighted by atomic mass is 10.0. The van der Waals surface area contributed by atoms with Crippen LogP contribution in [0.2, 0.25) is 0 Å². The lowest BCUT2D eigenvalue weighted by Crippen LogP contribution is -2.01. The average molecular weight is 270 g/mol.